The van der Waals surface area contributed by atoms with Crippen LogP contribution in [0.15, 0.2) is 16.7 Å². The van der Waals surface area contributed by atoms with E-state index in [0.717, 1.165) is 24.9 Å². The molecule has 1 saturated carbocycles. The molecule has 3 rings (SSSR count). The van der Waals surface area contributed by atoms with E-state index in [4.69, 9.17) is 4.42 Å². The van der Waals surface area contributed by atoms with Crippen molar-refractivity contribution in [2.45, 2.75) is 65.1 Å². The summed E-state index contributed by atoms with van der Waals surface area (Å²) < 4.78 is 5.73. The molecule has 1 aliphatic carbocycles. The normalized spacial score (nSPS) is 23.7. The third-order valence-electron chi connectivity index (χ3n) is 4.69. The van der Waals surface area contributed by atoms with E-state index in [1.807, 2.05) is 6.26 Å². The molecule has 2 heterocycles. The first-order valence-corrected chi connectivity index (χ1v) is 8.13. The molecule has 0 amide bonds. The fourth-order valence-electron chi connectivity index (χ4n) is 3.01. The molecule has 1 saturated heterocycles. The second-order valence-electron chi connectivity index (χ2n) is 7.37. The molecule has 1 aliphatic heterocycles. The fourth-order valence-corrected chi connectivity index (χ4v) is 3.01. The van der Waals surface area contributed by atoms with Crippen molar-refractivity contribution in [1.82, 2.24) is 10.2 Å². The highest BCUT2D eigenvalue weighted by Crippen LogP contribution is 2.30. The molecule has 0 radical (unpaired) electrons. The van der Waals surface area contributed by atoms with E-state index >= 15 is 0 Å². The Morgan fingerprint density at radius 2 is 2.15 bits per heavy atom. The minimum atomic E-state index is 0.511. The predicted octanol–water partition coefficient (Wildman–Crippen LogP) is 3.54. The fraction of sp³-hybridized carbons (Fsp3) is 0.765. The van der Waals surface area contributed by atoms with Crippen molar-refractivity contribution in [3.05, 3.63) is 23.7 Å². The molecule has 0 atom stereocenters. The van der Waals surface area contributed by atoms with Gasteiger partial charge in [-0.2, -0.15) is 0 Å². The number of hydrogen-bond donors (Lipinski definition) is 1. The second-order valence-corrected chi connectivity index (χ2v) is 7.37. The Kier molecular flexibility index (Phi) is 4.18. The van der Waals surface area contributed by atoms with Gasteiger partial charge in [0.2, 0.25) is 0 Å². The van der Waals surface area contributed by atoms with Crippen molar-refractivity contribution >= 4 is 0 Å². The van der Waals surface area contributed by atoms with Crippen molar-refractivity contribution in [2.75, 3.05) is 13.1 Å². The average Bonchev–Trinajstić information content (AvgIpc) is 3.15. The predicted molar refractivity (Wildman–Crippen MR) is 81.5 cm³/mol. The molecule has 0 spiro atoms. The zero-order valence-corrected chi connectivity index (χ0v) is 13.0. The van der Waals surface area contributed by atoms with Gasteiger partial charge >= 0.3 is 0 Å². The van der Waals surface area contributed by atoms with Crippen LogP contribution in [-0.4, -0.2) is 24.0 Å². The molecule has 0 aromatic carbocycles. The second kappa shape index (κ2) is 5.90. The maximum absolute atomic E-state index is 5.73. The van der Waals surface area contributed by atoms with E-state index in [-0.39, 0.29) is 0 Å². The maximum Gasteiger partial charge on any atom is 0.118 e. The largest absolute Gasteiger partial charge is 0.468 e. The lowest BCUT2D eigenvalue weighted by Crippen LogP contribution is -2.24. The highest BCUT2D eigenvalue weighted by atomic mass is 16.3. The zero-order chi connectivity index (χ0) is 14.0. The molecule has 2 aliphatic rings. The summed E-state index contributed by atoms with van der Waals surface area (Å²) in [7, 11) is 0. The Hall–Kier alpha value is -0.800. The molecule has 3 nitrogen and oxygen atoms in total. The van der Waals surface area contributed by atoms with Gasteiger partial charge in [0.15, 0.2) is 0 Å². The summed E-state index contributed by atoms with van der Waals surface area (Å²) in [5.41, 5.74) is 1.80. The molecule has 0 bridgehead atoms. The monoisotopic (exact) mass is 276 g/mol. The lowest BCUT2D eigenvalue weighted by molar-refractivity contribution is 0.238. The molecule has 1 N–H and O–H groups in total. The Bertz CT molecular complexity index is 434. The van der Waals surface area contributed by atoms with Gasteiger partial charge in [-0.25, -0.2) is 0 Å². The zero-order valence-electron chi connectivity index (χ0n) is 13.0. The van der Waals surface area contributed by atoms with Gasteiger partial charge in [-0.3, -0.25) is 4.90 Å². The maximum atomic E-state index is 5.73. The van der Waals surface area contributed by atoms with Crippen LogP contribution in [0.1, 0.15) is 57.3 Å². The Morgan fingerprint density at radius 1 is 1.30 bits per heavy atom. The van der Waals surface area contributed by atoms with Crippen LogP contribution in [0.2, 0.25) is 0 Å². The Labute approximate surface area is 122 Å². The third-order valence-corrected chi connectivity index (χ3v) is 4.69. The van der Waals surface area contributed by atoms with Crippen LogP contribution in [-0.2, 0) is 13.1 Å². The van der Waals surface area contributed by atoms with Crippen LogP contribution < -0.4 is 5.32 Å². The smallest absolute Gasteiger partial charge is 0.118 e. The van der Waals surface area contributed by atoms with Crippen LogP contribution in [0.25, 0.3) is 0 Å². The SMILES string of the molecule is CC1(C)CCCN(Cc2cc(CNC3CC3)co2)CC1. The molecule has 2 fully saturated rings. The van der Waals surface area contributed by atoms with E-state index in [9.17, 15) is 0 Å². The van der Waals surface area contributed by atoms with E-state index in [0.29, 0.717) is 5.41 Å². The van der Waals surface area contributed by atoms with Crippen LogP contribution in [0, 0.1) is 5.41 Å². The van der Waals surface area contributed by atoms with E-state index in [2.05, 4.69) is 30.1 Å². The first-order valence-electron chi connectivity index (χ1n) is 8.13. The van der Waals surface area contributed by atoms with Gasteiger partial charge < -0.3 is 9.73 Å². The average molecular weight is 276 g/mol. The van der Waals surface area contributed by atoms with Crippen molar-refractivity contribution in [2.24, 2.45) is 5.41 Å². The van der Waals surface area contributed by atoms with Crippen LogP contribution >= 0.6 is 0 Å². The number of nitrogens with zero attached hydrogens (tertiary/aromatic N) is 1. The topological polar surface area (TPSA) is 28.4 Å². The van der Waals surface area contributed by atoms with E-state index in [1.165, 1.54) is 50.8 Å². The number of nitrogens with one attached hydrogen (secondary N) is 1. The van der Waals surface area contributed by atoms with Gasteiger partial charge in [0.05, 0.1) is 12.8 Å². The molecule has 1 aromatic heterocycles. The van der Waals surface area contributed by atoms with E-state index in [1.54, 1.807) is 0 Å². The number of furan rings is 1. The molecule has 3 heteroatoms. The summed E-state index contributed by atoms with van der Waals surface area (Å²) in [6, 6.07) is 2.99. The van der Waals surface area contributed by atoms with Gasteiger partial charge in [-0.05, 0) is 56.7 Å². The van der Waals surface area contributed by atoms with Gasteiger partial charge in [-0.15, -0.1) is 0 Å². The van der Waals surface area contributed by atoms with Crippen LogP contribution in [0.3, 0.4) is 0 Å². The summed E-state index contributed by atoms with van der Waals surface area (Å²) in [4.78, 5) is 2.55. The molecular formula is C17H28N2O. The molecule has 1 aromatic rings. The number of rotatable bonds is 5. The highest BCUT2D eigenvalue weighted by Gasteiger charge is 2.23. The highest BCUT2D eigenvalue weighted by molar-refractivity contribution is 5.13. The first kappa shape index (κ1) is 14.2. The summed E-state index contributed by atoms with van der Waals surface area (Å²) in [5.74, 6) is 1.12. The van der Waals surface area contributed by atoms with E-state index < -0.39 is 0 Å². The van der Waals surface area contributed by atoms with Crippen molar-refractivity contribution < 1.29 is 4.42 Å². The number of likely N-dealkylation sites (tertiary alicyclic amines) is 1. The van der Waals surface area contributed by atoms with Gasteiger partial charge in [-0.1, -0.05) is 13.8 Å². The lowest BCUT2D eigenvalue weighted by Gasteiger charge is -2.22. The summed E-state index contributed by atoms with van der Waals surface area (Å²) in [6.07, 6.45) is 8.56. The Morgan fingerprint density at radius 3 is 2.95 bits per heavy atom. The Balaban J connectivity index is 1.49. The van der Waals surface area contributed by atoms with Crippen LogP contribution in [0.4, 0.5) is 0 Å². The summed E-state index contributed by atoms with van der Waals surface area (Å²) in [5, 5.41) is 3.54. The van der Waals surface area contributed by atoms with Crippen LogP contribution in [0.5, 0.6) is 0 Å². The quantitative estimate of drug-likeness (QED) is 0.891. The molecular weight excluding hydrogens is 248 g/mol. The summed E-state index contributed by atoms with van der Waals surface area (Å²) >= 11 is 0. The van der Waals surface area contributed by atoms with Crippen molar-refractivity contribution in [3.8, 4) is 0 Å². The molecule has 0 unspecified atom stereocenters. The summed E-state index contributed by atoms with van der Waals surface area (Å²) in [6.45, 7) is 9.12. The third kappa shape index (κ3) is 4.10. The lowest BCUT2D eigenvalue weighted by atomic mass is 9.85. The number of hydrogen-bond acceptors (Lipinski definition) is 3. The van der Waals surface area contributed by atoms with Gasteiger partial charge in [0, 0.05) is 18.2 Å². The molecule has 20 heavy (non-hydrogen) atoms. The standard InChI is InChI=1S/C17H28N2O/c1-17(2)6-3-8-19(9-7-17)12-16-10-14(13-20-16)11-18-15-4-5-15/h10,13,15,18H,3-9,11-12H2,1-2H3. The van der Waals surface area contributed by atoms with Crippen molar-refractivity contribution in [3.63, 3.8) is 0 Å². The minimum Gasteiger partial charge on any atom is -0.468 e. The van der Waals surface area contributed by atoms with Gasteiger partial charge in [0.1, 0.15) is 5.76 Å². The first-order chi connectivity index (χ1) is 9.61. The molecule has 112 valence electrons. The van der Waals surface area contributed by atoms with Gasteiger partial charge in [0.25, 0.3) is 0 Å². The van der Waals surface area contributed by atoms with Crippen molar-refractivity contribution in [1.29, 1.82) is 0 Å². The minimum absolute atomic E-state index is 0.511.